The molecule has 124 valence electrons. The van der Waals surface area contributed by atoms with Crippen molar-refractivity contribution in [1.29, 1.82) is 0 Å². The molecule has 2 heterocycles. The van der Waals surface area contributed by atoms with Gasteiger partial charge in [-0.05, 0) is 36.1 Å². The molecule has 2 aromatic heterocycles. The van der Waals surface area contributed by atoms with Crippen LogP contribution < -0.4 is 4.74 Å². The molecule has 0 saturated carbocycles. The number of halogens is 2. The van der Waals surface area contributed by atoms with Crippen LogP contribution in [0, 0.1) is 0 Å². The summed E-state index contributed by atoms with van der Waals surface area (Å²) in [7, 11) is 0. The van der Waals surface area contributed by atoms with Crippen molar-refractivity contribution in [2.45, 2.75) is 13.3 Å². The van der Waals surface area contributed by atoms with Crippen LogP contribution in [0.4, 0.5) is 0 Å². The number of carbonyl (C=O) groups is 1. The molecule has 0 aliphatic carbocycles. The van der Waals surface area contributed by atoms with E-state index in [1.54, 1.807) is 12.1 Å². The average Bonchev–Trinajstić information content (AvgIpc) is 3.21. The van der Waals surface area contributed by atoms with Gasteiger partial charge >= 0.3 is 6.01 Å². The Morgan fingerprint density at radius 3 is 2.83 bits per heavy atom. The summed E-state index contributed by atoms with van der Waals surface area (Å²) in [5, 5.41) is 6.82. The van der Waals surface area contributed by atoms with Crippen LogP contribution in [-0.2, 0) is 0 Å². The second kappa shape index (κ2) is 7.34. The normalized spacial score (nSPS) is 10.8. The molecule has 0 saturated heterocycles. The highest BCUT2D eigenvalue weighted by molar-refractivity contribution is 7.13. The summed E-state index contributed by atoms with van der Waals surface area (Å²) in [4.78, 5) is 18.0. The number of aromatic nitrogens is 3. The Kier molecular flexibility index (Phi) is 5.18. The molecule has 0 aliphatic heterocycles. The van der Waals surface area contributed by atoms with Gasteiger partial charge in [-0.2, -0.15) is 9.67 Å². The number of nitrogens with zero attached hydrogens (tertiary/aromatic N) is 3. The number of carbonyl (C=O) groups excluding carboxylic acids is 1. The van der Waals surface area contributed by atoms with Gasteiger partial charge in [-0.15, -0.1) is 16.4 Å². The molecule has 5 nitrogen and oxygen atoms in total. The lowest BCUT2D eigenvalue weighted by Crippen LogP contribution is -2.15. The third-order valence-electron chi connectivity index (χ3n) is 3.12. The van der Waals surface area contributed by atoms with E-state index in [0.717, 1.165) is 11.3 Å². The van der Waals surface area contributed by atoms with Gasteiger partial charge in [-0.3, -0.25) is 4.79 Å². The summed E-state index contributed by atoms with van der Waals surface area (Å²) in [5.41, 5.74) is 0.297. The van der Waals surface area contributed by atoms with E-state index in [9.17, 15) is 4.79 Å². The average molecular weight is 382 g/mol. The maximum Gasteiger partial charge on any atom is 0.336 e. The van der Waals surface area contributed by atoms with Crippen LogP contribution in [0.3, 0.4) is 0 Å². The van der Waals surface area contributed by atoms with Crippen LogP contribution in [0.25, 0.3) is 10.7 Å². The number of hydrogen-bond acceptors (Lipinski definition) is 5. The fraction of sp³-hybridized carbons (Fsp3) is 0.188. The zero-order chi connectivity index (χ0) is 17.1. The van der Waals surface area contributed by atoms with Gasteiger partial charge in [-0.1, -0.05) is 36.2 Å². The minimum Gasteiger partial charge on any atom is -0.462 e. The van der Waals surface area contributed by atoms with Crippen molar-refractivity contribution in [3.05, 3.63) is 51.3 Å². The summed E-state index contributed by atoms with van der Waals surface area (Å²) in [6.07, 6.45) is 0.819. The highest BCUT2D eigenvalue weighted by atomic mass is 35.5. The van der Waals surface area contributed by atoms with E-state index in [4.69, 9.17) is 27.9 Å². The fourth-order valence-electron chi connectivity index (χ4n) is 2.03. The standard InChI is InChI=1S/C16H13Cl2N3O2S/c1-2-7-23-16-19-14(13-4-3-8-24-13)21(20-16)15(22)11-6-5-10(17)9-12(11)18/h3-6,8-9H,2,7H2,1H3. The van der Waals surface area contributed by atoms with Gasteiger partial charge in [0.05, 0.1) is 22.1 Å². The Morgan fingerprint density at radius 1 is 1.33 bits per heavy atom. The van der Waals surface area contributed by atoms with Crippen molar-refractivity contribution >= 4 is 40.4 Å². The van der Waals surface area contributed by atoms with Crippen molar-refractivity contribution < 1.29 is 9.53 Å². The van der Waals surface area contributed by atoms with Gasteiger partial charge in [0.15, 0.2) is 5.82 Å². The molecule has 0 fully saturated rings. The Balaban J connectivity index is 2.04. The zero-order valence-corrected chi connectivity index (χ0v) is 15.0. The third kappa shape index (κ3) is 3.45. The number of benzene rings is 1. The smallest absolute Gasteiger partial charge is 0.336 e. The lowest BCUT2D eigenvalue weighted by molar-refractivity contribution is 0.0945. The molecule has 3 rings (SSSR count). The van der Waals surface area contributed by atoms with Gasteiger partial charge < -0.3 is 4.74 Å². The highest BCUT2D eigenvalue weighted by Crippen LogP contribution is 2.27. The summed E-state index contributed by atoms with van der Waals surface area (Å²) >= 11 is 13.5. The maximum absolute atomic E-state index is 12.9. The van der Waals surface area contributed by atoms with Gasteiger partial charge in [0, 0.05) is 5.02 Å². The van der Waals surface area contributed by atoms with Gasteiger partial charge in [0.2, 0.25) is 0 Å². The van der Waals surface area contributed by atoms with Crippen LogP contribution in [-0.4, -0.2) is 27.3 Å². The molecule has 0 unspecified atom stereocenters. The molecule has 3 aromatic rings. The lowest BCUT2D eigenvalue weighted by Gasteiger charge is -2.05. The van der Waals surface area contributed by atoms with E-state index in [2.05, 4.69) is 10.1 Å². The molecule has 0 N–H and O–H groups in total. The predicted molar refractivity (Wildman–Crippen MR) is 95.3 cm³/mol. The van der Waals surface area contributed by atoms with Crippen LogP contribution in [0.2, 0.25) is 10.0 Å². The predicted octanol–water partition coefficient (Wildman–Crippen LogP) is 4.79. The van der Waals surface area contributed by atoms with E-state index in [1.165, 1.54) is 22.1 Å². The number of thiophene rings is 1. The summed E-state index contributed by atoms with van der Waals surface area (Å²) in [5.74, 6) is 0.0334. The van der Waals surface area contributed by atoms with E-state index in [1.807, 2.05) is 24.4 Å². The van der Waals surface area contributed by atoms with E-state index >= 15 is 0 Å². The molecular formula is C16H13Cl2N3O2S. The zero-order valence-electron chi connectivity index (χ0n) is 12.7. The van der Waals surface area contributed by atoms with Crippen LogP contribution in [0.5, 0.6) is 6.01 Å². The van der Waals surface area contributed by atoms with Gasteiger partial charge in [-0.25, -0.2) is 0 Å². The van der Waals surface area contributed by atoms with Crippen LogP contribution >= 0.6 is 34.5 Å². The Morgan fingerprint density at radius 2 is 2.17 bits per heavy atom. The molecular weight excluding hydrogens is 369 g/mol. The number of hydrogen-bond donors (Lipinski definition) is 0. The Hall–Kier alpha value is -1.89. The molecule has 0 radical (unpaired) electrons. The van der Waals surface area contributed by atoms with Crippen molar-refractivity contribution in [2.24, 2.45) is 0 Å². The minimum absolute atomic E-state index is 0.165. The Labute approximate surface area is 152 Å². The van der Waals surface area contributed by atoms with Crippen LogP contribution in [0.1, 0.15) is 23.7 Å². The molecule has 0 amide bonds. The van der Waals surface area contributed by atoms with Gasteiger partial charge in [0.1, 0.15) is 0 Å². The lowest BCUT2D eigenvalue weighted by atomic mass is 10.2. The third-order valence-corrected chi connectivity index (χ3v) is 4.53. The molecule has 24 heavy (non-hydrogen) atoms. The molecule has 0 spiro atoms. The second-order valence-corrected chi connectivity index (χ2v) is 6.68. The second-order valence-electron chi connectivity index (χ2n) is 4.88. The molecule has 0 bridgehead atoms. The Bertz CT molecular complexity index is 862. The SMILES string of the molecule is CCCOc1nc(-c2cccs2)n(C(=O)c2ccc(Cl)cc2Cl)n1. The largest absolute Gasteiger partial charge is 0.462 e. The number of ether oxygens (including phenoxy) is 1. The molecule has 8 heteroatoms. The van der Waals surface area contributed by atoms with Crippen LogP contribution in [0.15, 0.2) is 35.7 Å². The summed E-state index contributed by atoms with van der Waals surface area (Å²) in [6.45, 7) is 2.46. The van der Waals surface area contributed by atoms with E-state index in [-0.39, 0.29) is 16.9 Å². The molecule has 0 aliphatic rings. The maximum atomic E-state index is 12.9. The monoisotopic (exact) mass is 381 g/mol. The first kappa shape index (κ1) is 17.0. The summed E-state index contributed by atoms with van der Waals surface area (Å²) < 4.78 is 6.68. The first-order valence-electron chi connectivity index (χ1n) is 7.23. The first-order chi connectivity index (χ1) is 11.6. The topological polar surface area (TPSA) is 57.0 Å². The minimum atomic E-state index is -0.390. The first-order valence-corrected chi connectivity index (χ1v) is 8.87. The van der Waals surface area contributed by atoms with Gasteiger partial charge in [0.25, 0.3) is 5.91 Å². The van der Waals surface area contributed by atoms with Crippen molar-refractivity contribution in [3.8, 4) is 16.7 Å². The fourth-order valence-corrected chi connectivity index (χ4v) is 3.22. The summed E-state index contributed by atoms with van der Waals surface area (Å²) in [6, 6.07) is 8.61. The molecule has 0 atom stereocenters. The van der Waals surface area contributed by atoms with E-state index in [0.29, 0.717) is 23.0 Å². The van der Waals surface area contributed by atoms with Crippen molar-refractivity contribution in [3.63, 3.8) is 0 Å². The van der Waals surface area contributed by atoms with Crippen molar-refractivity contribution in [2.75, 3.05) is 6.61 Å². The molecule has 1 aromatic carbocycles. The van der Waals surface area contributed by atoms with E-state index < -0.39 is 0 Å². The highest BCUT2D eigenvalue weighted by Gasteiger charge is 2.22. The quantitative estimate of drug-likeness (QED) is 0.637. The number of rotatable bonds is 5. The van der Waals surface area contributed by atoms with Crippen molar-refractivity contribution in [1.82, 2.24) is 14.8 Å².